The van der Waals surface area contributed by atoms with Crippen molar-refractivity contribution in [2.75, 3.05) is 6.61 Å². The molecule has 1 atom stereocenters. The molecule has 0 aliphatic heterocycles. The Kier molecular flexibility index (Phi) is 7.43. The van der Waals surface area contributed by atoms with Crippen LogP contribution >= 0.6 is 0 Å². The molecule has 156 valence electrons. The minimum atomic E-state index is -0.621. The van der Waals surface area contributed by atoms with E-state index >= 15 is 0 Å². The van der Waals surface area contributed by atoms with E-state index in [0.717, 1.165) is 16.7 Å². The number of hydrogen-bond donors (Lipinski definition) is 1. The molecule has 2 aromatic rings. The molecule has 29 heavy (non-hydrogen) atoms. The molecule has 0 saturated carbocycles. The first-order valence-corrected chi connectivity index (χ1v) is 9.91. The van der Waals surface area contributed by atoms with Crippen molar-refractivity contribution in [1.29, 1.82) is 0 Å². The third kappa shape index (κ3) is 7.26. The van der Waals surface area contributed by atoms with Gasteiger partial charge in [0.1, 0.15) is 11.8 Å². The van der Waals surface area contributed by atoms with Crippen LogP contribution in [0.5, 0.6) is 5.75 Å². The van der Waals surface area contributed by atoms with Gasteiger partial charge in [0.15, 0.2) is 6.61 Å². The number of nitrogens with zero attached hydrogens (tertiary/aromatic N) is 1. The Morgan fingerprint density at radius 2 is 1.48 bits per heavy atom. The molecule has 0 bridgehead atoms. The maximum atomic E-state index is 13.0. The molecule has 0 spiro atoms. The monoisotopic (exact) mass is 396 g/mol. The van der Waals surface area contributed by atoms with Gasteiger partial charge in [0, 0.05) is 12.1 Å². The highest BCUT2D eigenvalue weighted by atomic mass is 16.5. The minimum absolute atomic E-state index is 0.123. The van der Waals surface area contributed by atoms with Crippen LogP contribution in [0.2, 0.25) is 0 Å². The molecule has 0 saturated heterocycles. The average molecular weight is 397 g/mol. The fourth-order valence-corrected chi connectivity index (χ4v) is 2.81. The van der Waals surface area contributed by atoms with Crippen LogP contribution in [0.15, 0.2) is 48.5 Å². The van der Waals surface area contributed by atoms with Gasteiger partial charge in [-0.05, 0) is 59.2 Å². The maximum absolute atomic E-state index is 13.0. The van der Waals surface area contributed by atoms with Gasteiger partial charge in [-0.25, -0.2) is 0 Å². The van der Waals surface area contributed by atoms with Gasteiger partial charge in [0.05, 0.1) is 0 Å². The third-order valence-corrected chi connectivity index (χ3v) is 4.52. The Morgan fingerprint density at radius 3 is 2.00 bits per heavy atom. The SMILES string of the molecule is Cc1ccc(CN(C(=O)COc2ccc(C)cc2)[C@H](C)C(=O)NC(C)(C)C)cc1. The zero-order valence-electron chi connectivity index (χ0n) is 18.3. The summed E-state index contributed by atoms with van der Waals surface area (Å²) in [5.41, 5.74) is 2.86. The predicted octanol–water partition coefficient (Wildman–Crippen LogP) is 4.01. The standard InChI is InChI=1S/C24H32N2O3/c1-17-7-11-20(12-8-17)15-26(19(3)23(28)25-24(4,5)6)22(27)16-29-21-13-9-18(2)10-14-21/h7-14,19H,15-16H2,1-6H3,(H,25,28)/t19-/m1/s1. The first kappa shape index (κ1) is 22.5. The Bertz CT molecular complexity index is 821. The summed E-state index contributed by atoms with van der Waals surface area (Å²) in [7, 11) is 0. The van der Waals surface area contributed by atoms with Crippen LogP contribution in [0.4, 0.5) is 0 Å². The second kappa shape index (κ2) is 9.59. The number of ether oxygens (including phenoxy) is 1. The van der Waals surface area contributed by atoms with Crippen molar-refractivity contribution in [2.24, 2.45) is 0 Å². The molecule has 0 aromatic heterocycles. The van der Waals surface area contributed by atoms with Crippen molar-refractivity contribution in [3.63, 3.8) is 0 Å². The number of nitrogens with one attached hydrogen (secondary N) is 1. The largest absolute Gasteiger partial charge is 0.484 e. The predicted molar refractivity (Wildman–Crippen MR) is 116 cm³/mol. The topological polar surface area (TPSA) is 58.6 Å². The van der Waals surface area contributed by atoms with E-state index in [1.807, 2.05) is 83.1 Å². The van der Waals surface area contributed by atoms with Gasteiger partial charge in [0.25, 0.3) is 5.91 Å². The fraction of sp³-hybridized carbons (Fsp3) is 0.417. The molecule has 0 aliphatic carbocycles. The summed E-state index contributed by atoms with van der Waals surface area (Å²) in [6.45, 7) is 11.7. The lowest BCUT2D eigenvalue weighted by Gasteiger charge is -2.31. The molecule has 0 aliphatic rings. The Balaban J connectivity index is 2.15. The molecule has 0 radical (unpaired) electrons. The Morgan fingerprint density at radius 1 is 0.966 bits per heavy atom. The van der Waals surface area contributed by atoms with Gasteiger partial charge in [-0.1, -0.05) is 47.5 Å². The van der Waals surface area contributed by atoms with Gasteiger partial charge < -0.3 is 15.0 Å². The second-order valence-electron chi connectivity index (χ2n) is 8.52. The van der Waals surface area contributed by atoms with Crippen molar-refractivity contribution in [3.8, 4) is 5.75 Å². The number of aryl methyl sites for hydroxylation is 2. The smallest absolute Gasteiger partial charge is 0.261 e. The number of carbonyl (C=O) groups is 2. The number of hydrogen-bond acceptors (Lipinski definition) is 3. The first-order valence-electron chi connectivity index (χ1n) is 9.91. The highest BCUT2D eigenvalue weighted by Crippen LogP contribution is 2.15. The van der Waals surface area contributed by atoms with Crippen molar-refractivity contribution in [2.45, 2.75) is 59.7 Å². The van der Waals surface area contributed by atoms with E-state index < -0.39 is 6.04 Å². The summed E-state index contributed by atoms with van der Waals surface area (Å²) in [6.07, 6.45) is 0. The summed E-state index contributed by atoms with van der Waals surface area (Å²) in [5.74, 6) is 0.210. The molecular weight excluding hydrogens is 364 g/mol. The number of rotatable bonds is 7. The molecule has 5 heteroatoms. The van der Waals surface area contributed by atoms with Crippen LogP contribution in [-0.4, -0.2) is 34.9 Å². The maximum Gasteiger partial charge on any atom is 0.261 e. The van der Waals surface area contributed by atoms with Gasteiger partial charge in [-0.2, -0.15) is 0 Å². The van der Waals surface area contributed by atoms with E-state index in [-0.39, 0.29) is 24.0 Å². The summed E-state index contributed by atoms with van der Waals surface area (Å²) < 4.78 is 5.67. The zero-order valence-corrected chi connectivity index (χ0v) is 18.3. The van der Waals surface area contributed by atoms with E-state index in [1.54, 1.807) is 11.8 Å². The Labute approximate surface area is 174 Å². The molecule has 2 rings (SSSR count). The van der Waals surface area contributed by atoms with Gasteiger partial charge in [-0.3, -0.25) is 9.59 Å². The lowest BCUT2D eigenvalue weighted by atomic mass is 10.1. The van der Waals surface area contributed by atoms with Crippen molar-refractivity contribution >= 4 is 11.8 Å². The molecule has 5 nitrogen and oxygen atoms in total. The van der Waals surface area contributed by atoms with E-state index in [9.17, 15) is 9.59 Å². The quantitative estimate of drug-likeness (QED) is 0.769. The third-order valence-electron chi connectivity index (χ3n) is 4.52. The van der Waals surface area contributed by atoms with Gasteiger partial charge in [-0.15, -0.1) is 0 Å². The first-order chi connectivity index (χ1) is 13.5. The van der Waals surface area contributed by atoms with Crippen LogP contribution < -0.4 is 10.1 Å². The van der Waals surface area contributed by atoms with Crippen molar-refractivity contribution in [3.05, 3.63) is 65.2 Å². The van der Waals surface area contributed by atoms with E-state index in [1.165, 1.54) is 0 Å². The van der Waals surface area contributed by atoms with Crippen LogP contribution in [0, 0.1) is 13.8 Å². The van der Waals surface area contributed by atoms with Gasteiger partial charge >= 0.3 is 0 Å². The lowest BCUT2D eigenvalue weighted by molar-refractivity contribution is -0.142. The molecule has 0 heterocycles. The van der Waals surface area contributed by atoms with Gasteiger partial charge in [0.2, 0.25) is 5.91 Å². The highest BCUT2D eigenvalue weighted by Gasteiger charge is 2.28. The molecular formula is C24H32N2O3. The average Bonchev–Trinajstić information content (AvgIpc) is 2.65. The fourth-order valence-electron chi connectivity index (χ4n) is 2.81. The summed E-state index contributed by atoms with van der Waals surface area (Å²) in [6, 6.07) is 14.9. The number of benzene rings is 2. The minimum Gasteiger partial charge on any atom is -0.484 e. The van der Waals surface area contributed by atoms with E-state index in [4.69, 9.17) is 4.74 Å². The van der Waals surface area contributed by atoms with Crippen LogP contribution in [0.1, 0.15) is 44.4 Å². The molecule has 2 aromatic carbocycles. The van der Waals surface area contributed by atoms with E-state index in [0.29, 0.717) is 12.3 Å². The normalized spacial score (nSPS) is 12.2. The molecule has 1 N–H and O–H groups in total. The molecule has 0 unspecified atom stereocenters. The highest BCUT2D eigenvalue weighted by molar-refractivity contribution is 5.88. The van der Waals surface area contributed by atoms with Crippen LogP contribution in [-0.2, 0) is 16.1 Å². The zero-order chi connectivity index (χ0) is 21.6. The van der Waals surface area contributed by atoms with E-state index in [2.05, 4.69) is 5.32 Å². The molecule has 2 amide bonds. The second-order valence-corrected chi connectivity index (χ2v) is 8.52. The Hall–Kier alpha value is -2.82. The number of carbonyl (C=O) groups excluding carboxylic acids is 2. The van der Waals surface area contributed by atoms with Crippen molar-refractivity contribution in [1.82, 2.24) is 10.2 Å². The number of amides is 2. The van der Waals surface area contributed by atoms with Crippen molar-refractivity contribution < 1.29 is 14.3 Å². The summed E-state index contributed by atoms with van der Waals surface area (Å²) >= 11 is 0. The summed E-state index contributed by atoms with van der Waals surface area (Å²) in [4.78, 5) is 27.3. The van der Waals surface area contributed by atoms with Crippen LogP contribution in [0.25, 0.3) is 0 Å². The summed E-state index contributed by atoms with van der Waals surface area (Å²) in [5, 5.41) is 2.96. The molecule has 0 fully saturated rings. The lowest BCUT2D eigenvalue weighted by Crippen LogP contribution is -2.53. The van der Waals surface area contributed by atoms with Crippen LogP contribution in [0.3, 0.4) is 0 Å².